The number of nitrogens with one attached hydrogen (secondary N) is 2. The van der Waals surface area contributed by atoms with Gasteiger partial charge in [0, 0.05) is 5.69 Å². The first kappa shape index (κ1) is 21.6. The molecule has 3 aromatic rings. The number of esters is 1. The Morgan fingerprint density at radius 2 is 1.58 bits per heavy atom. The number of carbonyl (C=O) groups excluding carboxylic acids is 3. The van der Waals surface area contributed by atoms with Crippen molar-refractivity contribution in [2.75, 3.05) is 11.9 Å². The second-order valence-electron chi connectivity index (χ2n) is 6.84. The molecule has 0 fully saturated rings. The van der Waals surface area contributed by atoms with Crippen molar-refractivity contribution in [2.24, 2.45) is 0 Å². The van der Waals surface area contributed by atoms with Crippen molar-refractivity contribution in [3.63, 3.8) is 0 Å². The molecule has 0 atom stereocenters. The molecule has 0 aliphatic rings. The molecule has 0 saturated carbocycles. The highest BCUT2D eigenvalue weighted by molar-refractivity contribution is 6.02. The Hall–Kier alpha value is -4.13. The van der Waals surface area contributed by atoms with E-state index in [-0.39, 0.29) is 5.56 Å². The third-order valence-corrected chi connectivity index (χ3v) is 4.27. The predicted octanol–water partition coefficient (Wildman–Crippen LogP) is 4.60. The van der Waals surface area contributed by atoms with Crippen LogP contribution in [0.5, 0.6) is 11.5 Å². The second-order valence-corrected chi connectivity index (χ2v) is 6.84. The first-order chi connectivity index (χ1) is 14.9. The second kappa shape index (κ2) is 10.1. The molecule has 31 heavy (non-hydrogen) atoms. The summed E-state index contributed by atoms with van der Waals surface area (Å²) in [5.41, 5.74) is 2.74. The van der Waals surface area contributed by atoms with E-state index in [9.17, 15) is 14.4 Å². The summed E-state index contributed by atoms with van der Waals surface area (Å²) in [7, 11) is 0. The average Bonchev–Trinajstić information content (AvgIpc) is 2.75. The monoisotopic (exact) mass is 418 g/mol. The fourth-order valence-electron chi connectivity index (χ4n) is 2.80. The maximum atomic E-state index is 12.2. The molecule has 7 nitrogen and oxygen atoms in total. The first-order valence-corrected chi connectivity index (χ1v) is 9.59. The maximum Gasteiger partial charge on any atom is 0.338 e. The van der Waals surface area contributed by atoms with Crippen LogP contribution in [0.25, 0.3) is 0 Å². The number of para-hydroxylation sites is 1. The molecule has 2 N–H and O–H groups in total. The van der Waals surface area contributed by atoms with Crippen LogP contribution in [0.2, 0.25) is 0 Å². The molecule has 3 amide bonds. The third-order valence-electron chi connectivity index (χ3n) is 4.27. The Morgan fingerprint density at radius 3 is 2.32 bits per heavy atom. The zero-order valence-corrected chi connectivity index (χ0v) is 17.2. The number of amides is 3. The number of carbonyl (C=O) groups is 3. The summed E-state index contributed by atoms with van der Waals surface area (Å²) in [6.45, 7) is 3.20. The molecule has 0 aliphatic carbocycles. The summed E-state index contributed by atoms with van der Waals surface area (Å²) in [5.74, 6) is -0.365. The van der Waals surface area contributed by atoms with E-state index >= 15 is 0 Å². The van der Waals surface area contributed by atoms with E-state index < -0.39 is 24.5 Å². The number of aryl methyl sites for hydroxylation is 2. The van der Waals surface area contributed by atoms with Gasteiger partial charge in [0.2, 0.25) is 0 Å². The highest BCUT2D eigenvalue weighted by Gasteiger charge is 2.14. The van der Waals surface area contributed by atoms with Gasteiger partial charge < -0.3 is 14.8 Å². The van der Waals surface area contributed by atoms with Crippen molar-refractivity contribution in [2.45, 2.75) is 13.8 Å². The first-order valence-electron chi connectivity index (χ1n) is 9.59. The largest absolute Gasteiger partial charge is 0.457 e. The number of imide groups is 1. The Bertz CT molecular complexity index is 1100. The lowest BCUT2D eigenvalue weighted by atomic mass is 10.1. The minimum atomic E-state index is -0.743. The number of hydrogen-bond acceptors (Lipinski definition) is 5. The third kappa shape index (κ3) is 6.43. The highest BCUT2D eigenvalue weighted by Crippen LogP contribution is 2.22. The van der Waals surface area contributed by atoms with E-state index in [1.807, 2.05) is 44.2 Å². The van der Waals surface area contributed by atoms with Gasteiger partial charge in [-0.05, 0) is 55.8 Å². The van der Waals surface area contributed by atoms with Gasteiger partial charge in [-0.1, -0.05) is 42.0 Å². The van der Waals surface area contributed by atoms with Crippen molar-refractivity contribution in [1.82, 2.24) is 5.32 Å². The lowest BCUT2D eigenvalue weighted by molar-refractivity contribution is -0.123. The summed E-state index contributed by atoms with van der Waals surface area (Å²) in [5, 5.41) is 4.72. The van der Waals surface area contributed by atoms with E-state index in [0.717, 1.165) is 11.1 Å². The molecule has 0 radical (unpaired) electrons. The Morgan fingerprint density at radius 1 is 0.839 bits per heavy atom. The molecular formula is C24H22N2O5. The van der Waals surface area contributed by atoms with Gasteiger partial charge in [-0.3, -0.25) is 10.1 Å². The molecule has 7 heteroatoms. The number of rotatable bonds is 6. The minimum Gasteiger partial charge on any atom is -0.457 e. The molecule has 0 bridgehead atoms. The Labute approximate surface area is 180 Å². The molecule has 0 saturated heterocycles. The number of urea groups is 1. The van der Waals surface area contributed by atoms with Gasteiger partial charge in [0.25, 0.3) is 5.91 Å². The molecule has 3 aromatic carbocycles. The fraction of sp³-hybridized carbons (Fsp3) is 0.125. The van der Waals surface area contributed by atoms with E-state index in [1.165, 1.54) is 6.07 Å². The predicted molar refractivity (Wildman–Crippen MR) is 116 cm³/mol. The van der Waals surface area contributed by atoms with Crippen LogP contribution in [-0.4, -0.2) is 24.5 Å². The average molecular weight is 418 g/mol. The van der Waals surface area contributed by atoms with Crippen LogP contribution in [-0.2, 0) is 9.53 Å². The summed E-state index contributed by atoms with van der Waals surface area (Å²) >= 11 is 0. The molecule has 158 valence electrons. The van der Waals surface area contributed by atoms with Gasteiger partial charge in [0.1, 0.15) is 11.5 Å². The van der Waals surface area contributed by atoms with Gasteiger partial charge >= 0.3 is 12.0 Å². The van der Waals surface area contributed by atoms with Crippen LogP contribution in [0, 0.1) is 13.8 Å². The molecule has 0 spiro atoms. The van der Waals surface area contributed by atoms with Crippen LogP contribution >= 0.6 is 0 Å². The Kier molecular flexibility index (Phi) is 7.01. The van der Waals surface area contributed by atoms with E-state index in [2.05, 4.69) is 10.6 Å². The smallest absolute Gasteiger partial charge is 0.338 e. The SMILES string of the molecule is Cc1ccc(NC(=O)NC(=O)COC(=O)c2cccc(Oc3ccccc3)c2)c(C)c1. The maximum absolute atomic E-state index is 12.2. The van der Waals surface area contributed by atoms with Gasteiger partial charge in [-0.15, -0.1) is 0 Å². The van der Waals surface area contributed by atoms with Crippen molar-refractivity contribution < 1.29 is 23.9 Å². The van der Waals surface area contributed by atoms with Crippen molar-refractivity contribution >= 4 is 23.6 Å². The van der Waals surface area contributed by atoms with Crippen molar-refractivity contribution in [1.29, 1.82) is 0 Å². The summed E-state index contributed by atoms with van der Waals surface area (Å²) in [6, 6.07) is 20.3. The van der Waals surface area contributed by atoms with Crippen LogP contribution in [0.4, 0.5) is 10.5 Å². The van der Waals surface area contributed by atoms with Gasteiger partial charge in [-0.25, -0.2) is 9.59 Å². The van der Waals surface area contributed by atoms with Crippen molar-refractivity contribution in [3.05, 3.63) is 89.5 Å². The zero-order valence-electron chi connectivity index (χ0n) is 17.2. The van der Waals surface area contributed by atoms with Gasteiger partial charge in [0.15, 0.2) is 6.61 Å². The van der Waals surface area contributed by atoms with Crippen LogP contribution < -0.4 is 15.4 Å². The molecule has 0 unspecified atom stereocenters. The molecule has 0 heterocycles. The number of anilines is 1. The zero-order chi connectivity index (χ0) is 22.2. The molecule has 0 aliphatic heterocycles. The lowest BCUT2D eigenvalue weighted by Gasteiger charge is -2.10. The van der Waals surface area contributed by atoms with Gasteiger partial charge in [0.05, 0.1) is 5.56 Å². The fourth-order valence-corrected chi connectivity index (χ4v) is 2.80. The molecular weight excluding hydrogens is 396 g/mol. The summed E-state index contributed by atoms with van der Waals surface area (Å²) in [4.78, 5) is 36.2. The molecule has 3 rings (SSSR count). The van der Waals surface area contributed by atoms with Gasteiger partial charge in [-0.2, -0.15) is 0 Å². The Balaban J connectivity index is 1.50. The number of ether oxygens (including phenoxy) is 2. The number of benzene rings is 3. The van der Waals surface area contributed by atoms with E-state index in [1.54, 1.807) is 36.4 Å². The summed E-state index contributed by atoms with van der Waals surface area (Å²) in [6.07, 6.45) is 0. The van der Waals surface area contributed by atoms with Crippen molar-refractivity contribution in [3.8, 4) is 11.5 Å². The highest BCUT2D eigenvalue weighted by atomic mass is 16.5. The standard InChI is InChI=1S/C24H22N2O5/c1-16-11-12-21(17(2)13-16)25-24(29)26-22(27)15-30-23(28)18-7-6-10-20(14-18)31-19-8-4-3-5-9-19/h3-14H,15H2,1-2H3,(H2,25,26,27,29). The van der Waals surface area contributed by atoms with E-state index in [0.29, 0.717) is 17.2 Å². The lowest BCUT2D eigenvalue weighted by Crippen LogP contribution is -2.37. The van der Waals surface area contributed by atoms with E-state index in [4.69, 9.17) is 9.47 Å². The van der Waals surface area contributed by atoms with Crippen LogP contribution in [0.3, 0.4) is 0 Å². The quantitative estimate of drug-likeness (QED) is 0.571. The normalized spacial score (nSPS) is 10.1. The topological polar surface area (TPSA) is 93.7 Å². The van der Waals surface area contributed by atoms with Crippen LogP contribution in [0.15, 0.2) is 72.8 Å². The summed E-state index contributed by atoms with van der Waals surface area (Å²) < 4.78 is 10.7. The minimum absolute atomic E-state index is 0.223. The number of hydrogen-bond donors (Lipinski definition) is 2. The van der Waals surface area contributed by atoms with Crippen LogP contribution in [0.1, 0.15) is 21.5 Å². The molecule has 0 aromatic heterocycles.